The van der Waals surface area contributed by atoms with Gasteiger partial charge in [0.1, 0.15) is 0 Å². The number of likely N-dealkylation sites (tertiary alicyclic amines) is 1. The number of nitrogens with one attached hydrogen (secondary N) is 2. The van der Waals surface area contributed by atoms with Gasteiger partial charge in [-0.05, 0) is 37.0 Å². The molecule has 6 nitrogen and oxygen atoms in total. The summed E-state index contributed by atoms with van der Waals surface area (Å²) in [7, 11) is 0. The Morgan fingerprint density at radius 2 is 1.88 bits per heavy atom. The number of guanidine groups is 1. The fourth-order valence-corrected chi connectivity index (χ4v) is 4.34. The lowest BCUT2D eigenvalue weighted by Crippen LogP contribution is -2.44. The molecule has 1 aliphatic heterocycles. The molecule has 6 heteroatoms. The molecule has 0 radical (unpaired) electrons. The first kappa shape index (κ1) is 22.1. The third-order valence-corrected chi connectivity index (χ3v) is 5.95. The standard InChI is InChI=1S/C26H34N6/c1-3-28-26(29-16-23-10-7-11-24(15-23)17-31-13-12-27-20-31)30-25-14-21(2)32(19-25)18-22-8-5-4-6-9-22/h4-13,15,20-21,25H,3,14,16-19H2,1-2H3,(H2,28,29,30). The molecule has 2 aromatic carbocycles. The van der Waals surface area contributed by atoms with Gasteiger partial charge in [-0.2, -0.15) is 0 Å². The van der Waals surface area contributed by atoms with E-state index in [0.29, 0.717) is 18.6 Å². The average Bonchev–Trinajstić information content (AvgIpc) is 3.43. The van der Waals surface area contributed by atoms with Crippen molar-refractivity contribution in [3.63, 3.8) is 0 Å². The molecule has 2 N–H and O–H groups in total. The lowest BCUT2D eigenvalue weighted by molar-refractivity contribution is 0.258. The molecule has 1 saturated heterocycles. The van der Waals surface area contributed by atoms with Gasteiger partial charge in [0.05, 0.1) is 12.9 Å². The van der Waals surface area contributed by atoms with Gasteiger partial charge in [0, 0.05) is 50.7 Å². The Bertz CT molecular complexity index is 983. The SMILES string of the molecule is CCNC(=NCc1cccc(Cn2ccnc2)c1)NC1CC(C)N(Cc2ccccc2)C1. The normalized spacial score (nSPS) is 19.2. The predicted molar refractivity (Wildman–Crippen MR) is 130 cm³/mol. The largest absolute Gasteiger partial charge is 0.357 e. The molecule has 2 unspecified atom stereocenters. The molecule has 0 spiro atoms. The van der Waals surface area contributed by atoms with Crippen molar-refractivity contribution in [1.29, 1.82) is 0 Å². The molecule has 168 valence electrons. The van der Waals surface area contributed by atoms with Crippen LogP contribution < -0.4 is 10.6 Å². The zero-order chi connectivity index (χ0) is 22.2. The summed E-state index contributed by atoms with van der Waals surface area (Å²) in [5.74, 6) is 0.895. The monoisotopic (exact) mass is 430 g/mol. The van der Waals surface area contributed by atoms with Crippen LogP contribution in [-0.4, -0.2) is 45.6 Å². The van der Waals surface area contributed by atoms with E-state index >= 15 is 0 Å². The maximum absolute atomic E-state index is 4.88. The summed E-state index contributed by atoms with van der Waals surface area (Å²) in [6.07, 6.45) is 6.77. The highest BCUT2D eigenvalue weighted by Gasteiger charge is 2.29. The number of hydrogen-bond acceptors (Lipinski definition) is 3. The molecule has 1 fully saturated rings. The summed E-state index contributed by atoms with van der Waals surface area (Å²) in [5, 5.41) is 7.09. The third-order valence-electron chi connectivity index (χ3n) is 5.95. The van der Waals surface area contributed by atoms with Gasteiger partial charge in [-0.1, -0.05) is 54.6 Å². The second-order valence-electron chi connectivity index (χ2n) is 8.59. The van der Waals surface area contributed by atoms with Crippen molar-refractivity contribution in [2.45, 2.75) is 52.0 Å². The van der Waals surface area contributed by atoms with E-state index in [1.54, 1.807) is 0 Å². The zero-order valence-electron chi connectivity index (χ0n) is 19.1. The topological polar surface area (TPSA) is 57.5 Å². The zero-order valence-corrected chi connectivity index (χ0v) is 19.1. The van der Waals surface area contributed by atoms with Crippen molar-refractivity contribution in [2.24, 2.45) is 4.99 Å². The summed E-state index contributed by atoms with van der Waals surface area (Å²) >= 11 is 0. The molecule has 32 heavy (non-hydrogen) atoms. The highest BCUT2D eigenvalue weighted by Crippen LogP contribution is 2.20. The van der Waals surface area contributed by atoms with Crippen LogP contribution in [0.5, 0.6) is 0 Å². The molecule has 1 aromatic heterocycles. The minimum Gasteiger partial charge on any atom is -0.357 e. The maximum Gasteiger partial charge on any atom is 0.191 e. The molecule has 0 bridgehead atoms. The molecule has 1 aliphatic rings. The second-order valence-corrected chi connectivity index (χ2v) is 8.59. The maximum atomic E-state index is 4.88. The number of rotatable bonds is 8. The van der Waals surface area contributed by atoms with Crippen LogP contribution in [0.3, 0.4) is 0 Å². The van der Waals surface area contributed by atoms with E-state index in [2.05, 4.69) is 93.5 Å². The van der Waals surface area contributed by atoms with Crippen LogP contribution in [0.2, 0.25) is 0 Å². The van der Waals surface area contributed by atoms with Gasteiger partial charge in [0.15, 0.2) is 5.96 Å². The van der Waals surface area contributed by atoms with Gasteiger partial charge in [-0.3, -0.25) is 4.90 Å². The number of hydrogen-bond donors (Lipinski definition) is 2. The highest BCUT2D eigenvalue weighted by molar-refractivity contribution is 5.80. The average molecular weight is 431 g/mol. The Hall–Kier alpha value is -3.12. The van der Waals surface area contributed by atoms with Crippen LogP contribution in [0.25, 0.3) is 0 Å². The minimum atomic E-state index is 0.402. The first-order valence-electron chi connectivity index (χ1n) is 11.6. The molecule has 0 aliphatic carbocycles. The highest BCUT2D eigenvalue weighted by atomic mass is 15.3. The van der Waals surface area contributed by atoms with Crippen molar-refractivity contribution >= 4 is 5.96 Å². The van der Waals surface area contributed by atoms with Crippen LogP contribution in [0.4, 0.5) is 0 Å². The van der Waals surface area contributed by atoms with E-state index in [9.17, 15) is 0 Å². The fraction of sp³-hybridized carbons (Fsp3) is 0.385. The van der Waals surface area contributed by atoms with Gasteiger partial charge in [0.2, 0.25) is 0 Å². The summed E-state index contributed by atoms with van der Waals surface area (Å²) in [5.41, 5.74) is 3.84. The van der Waals surface area contributed by atoms with Crippen molar-refractivity contribution in [3.05, 3.63) is 90.0 Å². The van der Waals surface area contributed by atoms with Crippen LogP contribution in [0.1, 0.15) is 37.0 Å². The molecule has 0 saturated carbocycles. The predicted octanol–water partition coefficient (Wildman–Crippen LogP) is 3.65. The Labute approximate surface area is 191 Å². The number of aromatic nitrogens is 2. The Morgan fingerprint density at radius 3 is 2.66 bits per heavy atom. The van der Waals surface area contributed by atoms with Gasteiger partial charge in [0.25, 0.3) is 0 Å². The number of aliphatic imine (C=N–C) groups is 1. The van der Waals surface area contributed by atoms with Crippen molar-refractivity contribution in [1.82, 2.24) is 25.1 Å². The number of imidazole rings is 1. The van der Waals surface area contributed by atoms with Gasteiger partial charge in [-0.25, -0.2) is 9.98 Å². The van der Waals surface area contributed by atoms with Crippen LogP contribution >= 0.6 is 0 Å². The summed E-state index contributed by atoms with van der Waals surface area (Å²) in [4.78, 5) is 11.6. The van der Waals surface area contributed by atoms with Crippen LogP contribution in [0.15, 0.2) is 78.3 Å². The van der Waals surface area contributed by atoms with Crippen molar-refractivity contribution in [3.8, 4) is 0 Å². The lowest BCUT2D eigenvalue weighted by Gasteiger charge is -2.21. The van der Waals surface area contributed by atoms with E-state index in [0.717, 1.165) is 38.6 Å². The van der Waals surface area contributed by atoms with Gasteiger partial charge < -0.3 is 15.2 Å². The molecule has 2 heterocycles. The van der Waals surface area contributed by atoms with Gasteiger partial charge in [-0.15, -0.1) is 0 Å². The van der Waals surface area contributed by atoms with E-state index in [1.165, 1.54) is 16.7 Å². The second kappa shape index (κ2) is 11.0. The Morgan fingerprint density at radius 1 is 1.06 bits per heavy atom. The van der Waals surface area contributed by atoms with Crippen LogP contribution in [0, 0.1) is 0 Å². The molecular formula is C26H34N6. The fourth-order valence-electron chi connectivity index (χ4n) is 4.34. The molecule has 4 rings (SSSR count). The first-order valence-corrected chi connectivity index (χ1v) is 11.6. The Kier molecular flexibility index (Phi) is 7.56. The number of benzene rings is 2. The first-order chi connectivity index (χ1) is 15.7. The minimum absolute atomic E-state index is 0.402. The molecule has 3 aromatic rings. The summed E-state index contributed by atoms with van der Waals surface area (Å²) < 4.78 is 2.08. The molecule has 0 amide bonds. The van der Waals surface area contributed by atoms with Gasteiger partial charge >= 0.3 is 0 Å². The molecular weight excluding hydrogens is 396 g/mol. The summed E-state index contributed by atoms with van der Waals surface area (Å²) in [6, 6.07) is 20.3. The third kappa shape index (κ3) is 6.20. The van der Waals surface area contributed by atoms with E-state index < -0.39 is 0 Å². The molecule has 2 atom stereocenters. The van der Waals surface area contributed by atoms with E-state index in [4.69, 9.17) is 4.99 Å². The smallest absolute Gasteiger partial charge is 0.191 e. The Balaban J connectivity index is 1.35. The van der Waals surface area contributed by atoms with Crippen molar-refractivity contribution in [2.75, 3.05) is 13.1 Å². The lowest BCUT2D eigenvalue weighted by atomic mass is 10.1. The summed E-state index contributed by atoms with van der Waals surface area (Å²) in [6.45, 7) is 8.79. The number of nitrogens with zero attached hydrogens (tertiary/aromatic N) is 4. The van der Waals surface area contributed by atoms with E-state index in [-0.39, 0.29) is 0 Å². The quantitative estimate of drug-likeness (QED) is 0.423. The van der Waals surface area contributed by atoms with Crippen LogP contribution in [-0.2, 0) is 19.6 Å². The van der Waals surface area contributed by atoms with E-state index in [1.807, 2.05) is 18.7 Å². The van der Waals surface area contributed by atoms with Crippen molar-refractivity contribution < 1.29 is 0 Å².